The molecule has 4 nitrogen and oxygen atoms in total. The van der Waals surface area contributed by atoms with Gasteiger partial charge in [-0.15, -0.1) is 0 Å². The number of benzene rings is 1. The molecule has 1 N–H and O–H groups in total. The number of nitrogens with zero attached hydrogens (tertiary/aromatic N) is 1. The molecule has 0 radical (unpaired) electrons. The van der Waals surface area contributed by atoms with Gasteiger partial charge >= 0.3 is 0 Å². The molecule has 0 heterocycles. The maximum Gasteiger partial charge on any atom is 0.257 e. The SMILES string of the molecule is CCCOc1ccc(C(=O)NC(=S)N(CC)CC)cc1Br. The van der Waals surface area contributed by atoms with Crippen molar-refractivity contribution >= 4 is 39.2 Å². The van der Waals surface area contributed by atoms with Crippen molar-refractivity contribution in [2.45, 2.75) is 27.2 Å². The number of nitrogens with one attached hydrogen (secondary N) is 1. The summed E-state index contributed by atoms with van der Waals surface area (Å²) < 4.78 is 6.32. The molecule has 0 saturated heterocycles. The van der Waals surface area contributed by atoms with Crippen LogP contribution >= 0.6 is 28.1 Å². The lowest BCUT2D eigenvalue weighted by molar-refractivity contribution is 0.0973. The van der Waals surface area contributed by atoms with Gasteiger partial charge in [0.05, 0.1) is 11.1 Å². The van der Waals surface area contributed by atoms with Crippen molar-refractivity contribution in [3.63, 3.8) is 0 Å². The molecule has 0 fully saturated rings. The molecular weight excluding hydrogens is 352 g/mol. The summed E-state index contributed by atoms with van der Waals surface area (Å²) in [5, 5.41) is 3.20. The Bertz CT molecular complexity index is 504. The number of ether oxygens (including phenoxy) is 1. The van der Waals surface area contributed by atoms with Crippen LogP contribution in [0.4, 0.5) is 0 Å². The molecule has 0 aliphatic carbocycles. The van der Waals surface area contributed by atoms with E-state index >= 15 is 0 Å². The van der Waals surface area contributed by atoms with Gasteiger partial charge in [0.25, 0.3) is 5.91 Å². The Morgan fingerprint density at radius 1 is 1.33 bits per heavy atom. The first-order chi connectivity index (χ1) is 10.0. The second-order valence-electron chi connectivity index (χ2n) is 4.43. The standard InChI is InChI=1S/C15H21BrN2O2S/c1-4-9-20-13-8-7-11(10-12(13)16)14(19)17-15(21)18(5-2)6-3/h7-8,10H,4-6,9H2,1-3H3,(H,17,19,21). The zero-order valence-corrected chi connectivity index (χ0v) is 15.0. The predicted molar refractivity (Wildman–Crippen MR) is 92.9 cm³/mol. The van der Waals surface area contributed by atoms with Crippen molar-refractivity contribution in [2.75, 3.05) is 19.7 Å². The molecule has 0 unspecified atom stereocenters. The van der Waals surface area contributed by atoms with Gasteiger partial charge < -0.3 is 9.64 Å². The maximum atomic E-state index is 12.2. The first kappa shape index (κ1) is 17.9. The number of halogens is 1. The van der Waals surface area contributed by atoms with Crippen molar-refractivity contribution in [3.05, 3.63) is 28.2 Å². The van der Waals surface area contributed by atoms with E-state index in [4.69, 9.17) is 17.0 Å². The third-order valence-corrected chi connectivity index (χ3v) is 3.91. The number of hydrogen-bond acceptors (Lipinski definition) is 3. The van der Waals surface area contributed by atoms with Gasteiger partial charge in [0.1, 0.15) is 5.75 Å². The molecule has 1 amide bonds. The van der Waals surface area contributed by atoms with E-state index in [0.29, 0.717) is 17.3 Å². The number of hydrogen-bond donors (Lipinski definition) is 1. The molecule has 0 atom stereocenters. The van der Waals surface area contributed by atoms with E-state index < -0.39 is 0 Å². The molecule has 116 valence electrons. The van der Waals surface area contributed by atoms with Gasteiger partial charge in [-0.25, -0.2) is 0 Å². The van der Waals surface area contributed by atoms with Crippen molar-refractivity contribution in [1.29, 1.82) is 0 Å². The molecule has 6 heteroatoms. The van der Waals surface area contributed by atoms with Gasteiger partial charge in [0, 0.05) is 18.7 Å². The van der Waals surface area contributed by atoms with Crippen LogP contribution in [0.15, 0.2) is 22.7 Å². The molecule has 21 heavy (non-hydrogen) atoms. The van der Waals surface area contributed by atoms with Gasteiger partial charge in [-0.1, -0.05) is 6.92 Å². The summed E-state index contributed by atoms with van der Waals surface area (Å²) >= 11 is 8.64. The number of thiocarbonyl (C=S) groups is 1. The van der Waals surface area contributed by atoms with Crippen molar-refractivity contribution in [2.24, 2.45) is 0 Å². The molecule has 0 aliphatic heterocycles. The second-order valence-corrected chi connectivity index (χ2v) is 5.67. The Labute approximate surface area is 140 Å². The van der Waals surface area contributed by atoms with Gasteiger partial charge in [-0.05, 0) is 66.6 Å². The first-order valence-corrected chi connectivity index (χ1v) is 8.26. The minimum Gasteiger partial charge on any atom is -0.492 e. The van der Waals surface area contributed by atoms with Crippen LogP contribution in [0.2, 0.25) is 0 Å². The van der Waals surface area contributed by atoms with E-state index in [2.05, 4.69) is 21.2 Å². The fraction of sp³-hybridized carbons (Fsp3) is 0.467. The Morgan fingerprint density at radius 2 is 2.00 bits per heavy atom. The number of amides is 1. The summed E-state index contributed by atoms with van der Waals surface area (Å²) in [5.41, 5.74) is 0.542. The monoisotopic (exact) mass is 372 g/mol. The van der Waals surface area contributed by atoms with E-state index in [1.165, 1.54) is 0 Å². The van der Waals surface area contributed by atoms with Crippen LogP contribution in [0.25, 0.3) is 0 Å². The lowest BCUT2D eigenvalue weighted by Gasteiger charge is -2.21. The van der Waals surface area contributed by atoms with E-state index in [-0.39, 0.29) is 5.91 Å². The largest absolute Gasteiger partial charge is 0.492 e. The summed E-state index contributed by atoms with van der Waals surface area (Å²) in [6.07, 6.45) is 0.937. The van der Waals surface area contributed by atoms with Crippen LogP contribution in [0.5, 0.6) is 5.75 Å². The average molecular weight is 373 g/mol. The molecule has 0 aromatic heterocycles. The molecule has 1 rings (SSSR count). The summed E-state index contributed by atoms with van der Waals surface area (Å²) in [7, 11) is 0. The van der Waals surface area contributed by atoms with E-state index in [0.717, 1.165) is 29.7 Å². The summed E-state index contributed by atoms with van der Waals surface area (Å²) in [5.74, 6) is 0.523. The zero-order chi connectivity index (χ0) is 15.8. The lowest BCUT2D eigenvalue weighted by atomic mass is 10.2. The van der Waals surface area contributed by atoms with Crippen LogP contribution in [0.1, 0.15) is 37.6 Å². The second kappa shape index (κ2) is 9.00. The topological polar surface area (TPSA) is 41.6 Å². The average Bonchev–Trinajstić information content (AvgIpc) is 2.47. The molecule has 0 spiro atoms. The van der Waals surface area contributed by atoms with E-state index in [9.17, 15) is 4.79 Å². The first-order valence-electron chi connectivity index (χ1n) is 7.06. The van der Waals surface area contributed by atoms with Crippen LogP contribution in [-0.2, 0) is 0 Å². The van der Waals surface area contributed by atoms with Gasteiger partial charge in [0.2, 0.25) is 0 Å². The Kier molecular flexibility index (Phi) is 7.67. The smallest absolute Gasteiger partial charge is 0.257 e. The quantitative estimate of drug-likeness (QED) is 0.774. The lowest BCUT2D eigenvalue weighted by Crippen LogP contribution is -2.42. The maximum absolute atomic E-state index is 12.2. The zero-order valence-electron chi connectivity index (χ0n) is 12.6. The van der Waals surface area contributed by atoms with Crippen molar-refractivity contribution in [3.8, 4) is 5.75 Å². The highest BCUT2D eigenvalue weighted by Crippen LogP contribution is 2.26. The Hall–Kier alpha value is -1.14. The summed E-state index contributed by atoms with van der Waals surface area (Å²) in [6, 6.07) is 5.26. The molecule has 0 saturated carbocycles. The van der Waals surface area contributed by atoms with Crippen LogP contribution < -0.4 is 10.1 Å². The Morgan fingerprint density at radius 3 is 2.52 bits per heavy atom. The van der Waals surface area contributed by atoms with Crippen molar-refractivity contribution in [1.82, 2.24) is 10.2 Å². The highest BCUT2D eigenvalue weighted by Gasteiger charge is 2.13. The van der Waals surface area contributed by atoms with Gasteiger partial charge in [-0.2, -0.15) is 0 Å². The molecule has 0 bridgehead atoms. The van der Waals surface area contributed by atoms with Gasteiger partial charge in [0.15, 0.2) is 5.11 Å². The molecular formula is C15H21BrN2O2S. The normalized spacial score (nSPS) is 10.1. The van der Waals surface area contributed by atoms with Crippen LogP contribution in [0.3, 0.4) is 0 Å². The third-order valence-electron chi connectivity index (χ3n) is 2.93. The van der Waals surface area contributed by atoms with Crippen molar-refractivity contribution < 1.29 is 9.53 Å². The highest BCUT2D eigenvalue weighted by molar-refractivity contribution is 9.10. The minimum atomic E-state index is -0.213. The summed E-state index contributed by atoms with van der Waals surface area (Å²) in [6.45, 7) is 8.23. The van der Waals surface area contributed by atoms with E-state index in [1.54, 1.807) is 18.2 Å². The fourth-order valence-electron chi connectivity index (χ4n) is 1.73. The number of carbonyl (C=O) groups excluding carboxylic acids is 1. The van der Waals surface area contributed by atoms with Crippen LogP contribution in [-0.4, -0.2) is 35.6 Å². The number of rotatable bonds is 6. The number of carbonyl (C=O) groups is 1. The minimum absolute atomic E-state index is 0.213. The van der Waals surface area contributed by atoms with Crippen LogP contribution in [0, 0.1) is 0 Å². The molecule has 0 aliphatic rings. The summed E-state index contributed by atoms with van der Waals surface area (Å²) in [4.78, 5) is 14.1. The van der Waals surface area contributed by atoms with E-state index in [1.807, 2.05) is 25.7 Å². The van der Waals surface area contributed by atoms with Gasteiger partial charge in [-0.3, -0.25) is 10.1 Å². The third kappa shape index (κ3) is 5.28. The predicted octanol–water partition coefficient (Wildman–Crippen LogP) is 3.59. The highest BCUT2D eigenvalue weighted by atomic mass is 79.9. The fourth-order valence-corrected chi connectivity index (χ4v) is 2.57. The molecule has 1 aromatic carbocycles. The molecule has 1 aromatic rings. The Balaban J connectivity index is 2.75.